The number of phenolic OH excluding ortho intramolecular Hbond substituents is 1. The van der Waals surface area contributed by atoms with Crippen molar-refractivity contribution < 1.29 is 9.84 Å². The molecule has 0 amide bonds. The number of ether oxygens (including phenoxy) is 1. The van der Waals surface area contributed by atoms with Gasteiger partial charge in [-0.3, -0.25) is 0 Å². The van der Waals surface area contributed by atoms with Gasteiger partial charge in [0.05, 0.1) is 18.5 Å². The Labute approximate surface area is 146 Å². The molecular weight excluding hydrogens is 312 g/mol. The number of imidazole rings is 1. The van der Waals surface area contributed by atoms with Gasteiger partial charge < -0.3 is 14.2 Å². The van der Waals surface area contributed by atoms with Crippen LogP contribution in [0.3, 0.4) is 0 Å². The van der Waals surface area contributed by atoms with Crippen LogP contribution in [-0.2, 0) is 6.42 Å². The van der Waals surface area contributed by atoms with Crippen molar-refractivity contribution in [2.24, 2.45) is 0 Å². The molecular formula is C21H18N2O2. The summed E-state index contributed by atoms with van der Waals surface area (Å²) < 4.78 is 7.26. The first-order valence-electron chi connectivity index (χ1n) is 8.13. The highest BCUT2D eigenvalue weighted by atomic mass is 16.5. The van der Waals surface area contributed by atoms with Gasteiger partial charge in [-0.05, 0) is 29.8 Å². The molecule has 25 heavy (non-hydrogen) atoms. The Kier molecular flexibility index (Phi) is 3.86. The average molecular weight is 330 g/mol. The lowest BCUT2D eigenvalue weighted by Gasteiger charge is -2.08. The molecule has 2 aromatic carbocycles. The molecule has 0 aliphatic rings. The van der Waals surface area contributed by atoms with Gasteiger partial charge in [-0.15, -0.1) is 0 Å². The van der Waals surface area contributed by atoms with E-state index in [1.165, 1.54) is 5.56 Å². The van der Waals surface area contributed by atoms with Crippen LogP contribution in [-0.4, -0.2) is 21.6 Å². The van der Waals surface area contributed by atoms with E-state index in [1.54, 1.807) is 13.2 Å². The summed E-state index contributed by atoms with van der Waals surface area (Å²) in [6.07, 6.45) is 2.73. The van der Waals surface area contributed by atoms with E-state index >= 15 is 0 Å². The maximum atomic E-state index is 10.5. The van der Waals surface area contributed by atoms with Crippen LogP contribution in [0.1, 0.15) is 11.3 Å². The number of phenols is 1. The summed E-state index contributed by atoms with van der Waals surface area (Å²) in [6.45, 7) is 0. The smallest absolute Gasteiger partial charge is 0.137 e. The van der Waals surface area contributed by atoms with Gasteiger partial charge in [0.15, 0.2) is 0 Å². The number of hydrogen-bond acceptors (Lipinski definition) is 3. The number of methoxy groups -OCH3 is 1. The van der Waals surface area contributed by atoms with Crippen molar-refractivity contribution in [1.29, 1.82) is 0 Å². The number of hydrogen-bond donors (Lipinski definition) is 1. The highest BCUT2D eigenvalue weighted by molar-refractivity contribution is 5.73. The van der Waals surface area contributed by atoms with Crippen molar-refractivity contribution in [3.63, 3.8) is 0 Å². The zero-order valence-electron chi connectivity index (χ0n) is 13.9. The highest BCUT2D eigenvalue weighted by Gasteiger charge is 2.17. The Balaban J connectivity index is 1.90. The van der Waals surface area contributed by atoms with Gasteiger partial charge >= 0.3 is 0 Å². The van der Waals surface area contributed by atoms with Crippen LogP contribution in [0.25, 0.3) is 16.9 Å². The molecule has 0 unspecified atom stereocenters. The van der Waals surface area contributed by atoms with E-state index in [4.69, 9.17) is 9.72 Å². The van der Waals surface area contributed by atoms with Crippen molar-refractivity contribution in [3.05, 3.63) is 84.2 Å². The van der Waals surface area contributed by atoms with Crippen LogP contribution in [0.4, 0.5) is 0 Å². The molecule has 0 radical (unpaired) electrons. The van der Waals surface area contributed by atoms with Crippen LogP contribution in [0.2, 0.25) is 0 Å². The molecule has 0 aliphatic heterocycles. The standard InChI is InChI=1S/C21H18N2O2/c1-25-16-10-11-17(19(24)14-16)21-18(13-15-7-3-2-4-8-15)23-12-6-5-9-20(23)22-21/h2-12,14,24H,13H2,1H3. The lowest BCUT2D eigenvalue weighted by atomic mass is 10.0. The summed E-state index contributed by atoms with van der Waals surface area (Å²) in [5.74, 6) is 0.784. The first-order chi connectivity index (χ1) is 12.3. The number of fused-ring (bicyclic) bond motifs is 1. The summed E-state index contributed by atoms with van der Waals surface area (Å²) in [5, 5.41) is 10.5. The third kappa shape index (κ3) is 2.83. The van der Waals surface area contributed by atoms with Crippen LogP contribution in [0.15, 0.2) is 72.9 Å². The van der Waals surface area contributed by atoms with Gasteiger partial charge in [-0.25, -0.2) is 4.98 Å². The Hall–Kier alpha value is -3.27. The van der Waals surface area contributed by atoms with E-state index in [0.29, 0.717) is 11.3 Å². The Morgan fingerprint density at radius 3 is 2.56 bits per heavy atom. The van der Waals surface area contributed by atoms with Gasteiger partial charge in [-0.2, -0.15) is 0 Å². The number of aromatic nitrogens is 2. The summed E-state index contributed by atoms with van der Waals surface area (Å²) in [5.41, 5.74) is 4.59. The second-order valence-corrected chi connectivity index (χ2v) is 5.88. The van der Waals surface area contributed by atoms with Gasteiger partial charge in [0.1, 0.15) is 17.1 Å². The predicted octanol–water partition coefficient (Wildman–Crippen LogP) is 4.31. The fraction of sp³-hybridized carbons (Fsp3) is 0.0952. The Bertz CT molecular complexity index is 1020. The van der Waals surface area contributed by atoms with Crippen LogP contribution >= 0.6 is 0 Å². The van der Waals surface area contributed by atoms with Crippen LogP contribution in [0.5, 0.6) is 11.5 Å². The molecule has 0 saturated heterocycles. The molecule has 2 aromatic heterocycles. The summed E-state index contributed by atoms with van der Waals surface area (Å²) in [6, 6.07) is 21.5. The summed E-state index contributed by atoms with van der Waals surface area (Å²) in [4.78, 5) is 4.76. The topological polar surface area (TPSA) is 46.8 Å². The fourth-order valence-corrected chi connectivity index (χ4v) is 3.06. The molecule has 4 nitrogen and oxygen atoms in total. The molecule has 4 heteroatoms. The van der Waals surface area contributed by atoms with Gasteiger partial charge in [0, 0.05) is 24.2 Å². The van der Waals surface area contributed by atoms with Gasteiger partial charge in [-0.1, -0.05) is 36.4 Å². The fourth-order valence-electron chi connectivity index (χ4n) is 3.06. The van der Waals surface area contributed by atoms with Crippen molar-refractivity contribution in [3.8, 4) is 22.8 Å². The highest BCUT2D eigenvalue weighted by Crippen LogP contribution is 2.35. The summed E-state index contributed by atoms with van der Waals surface area (Å²) in [7, 11) is 1.58. The molecule has 0 saturated carbocycles. The Morgan fingerprint density at radius 2 is 1.80 bits per heavy atom. The maximum Gasteiger partial charge on any atom is 0.137 e. The molecule has 0 aliphatic carbocycles. The van der Waals surface area contributed by atoms with E-state index in [9.17, 15) is 5.11 Å². The molecule has 0 bridgehead atoms. The first kappa shape index (κ1) is 15.3. The number of pyridine rings is 1. The molecule has 4 aromatic rings. The van der Waals surface area contributed by atoms with E-state index in [0.717, 1.165) is 23.5 Å². The minimum absolute atomic E-state index is 0.164. The zero-order valence-corrected chi connectivity index (χ0v) is 13.9. The minimum atomic E-state index is 0.164. The third-order valence-electron chi connectivity index (χ3n) is 4.30. The summed E-state index contributed by atoms with van der Waals surface area (Å²) >= 11 is 0. The lowest BCUT2D eigenvalue weighted by molar-refractivity contribution is 0.408. The number of aromatic hydroxyl groups is 1. The van der Waals surface area contributed by atoms with E-state index in [-0.39, 0.29) is 5.75 Å². The quantitative estimate of drug-likeness (QED) is 0.606. The lowest BCUT2D eigenvalue weighted by Crippen LogP contribution is -1.96. The SMILES string of the molecule is COc1ccc(-c2nc3ccccn3c2Cc2ccccc2)c(O)c1. The number of benzene rings is 2. The van der Waals surface area contributed by atoms with E-state index in [1.807, 2.05) is 54.7 Å². The number of rotatable bonds is 4. The Morgan fingerprint density at radius 1 is 1.00 bits per heavy atom. The average Bonchev–Trinajstić information content (AvgIpc) is 3.01. The minimum Gasteiger partial charge on any atom is -0.507 e. The second-order valence-electron chi connectivity index (χ2n) is 5.88. The third-order valence-corrected chi connectivity index (χ3v) is 4.30. The van der Waals surface area contributed by atoms with Gasteiger partial charge in [0.25, 0.3) is 0 Å². The molecule has 0 spiro atoms. The normalized spacial score (nSPS) is 10.9. The van der Waals surface area contributed by atoms with Crippen molar-refractivity contribution >= 4 is 5.65 Å². The second kappa shape index (κ2) is 6.32. The van der Waals surface area contributed by atoms with Crippen LogP contribution < -0.4 is 4.74 Å². The zero-order chi connectivity index (χ0) is 17.2. The largest absolute Gasteiger partial charge is 0.507 e. The monoisotopic (exact) mass is 330 g/mol. The molecule has 124 valence electrons. The van der Waals surface area contributed by atoms with Crippen molar-refractivity contribution in [1.82, 2.24) is 9.38 Å². The van der Waals surface area contributed by atoms with E-state index < -0.39 is 0 Å². The molecule has 4 rings (SSSR count). The van der Waals surface area contributed by atoms with Crippen LogP contribution in [0, 0.1) is 0 Å². The molecule has 2 heterocycles. The van der Waals surface area contributed by atoms with Crippen molar-refractivity contribution in [2.45, 2.75) is 6.42 Å². The maximum absolute atomic E-state index is 10.5. The van der Waals surface area contributed by atoms with Crippen molar-refractivity contribution in [2.75, 3.05) is 7.11 Å². The van der Waals surface area contributed by atoms with Gasteiger partial charge in [0.2, 0.25) is 0 Å². The van der Waals surface area contributed by atoms with E-state index in [2.05, 4.69) is 16.5 Å². The molecule has 0 atom stereocenters. The predicted molar refractivity (Wildman–Crippen MR) is 98.1 cm³/mol. The molecule has 1 N–H and O–H groups in total. The molecule has 0 fully saturated rings. The first-order valence-corrected chi connectivity index (χ1v) is 8.13. The number of nitrogens with zero attached hydrogens (tertiary/aromatic N) is 2.